The number of hydrogen-bond acceptors (Lipinski definition) is 5. The third-order valence-electron chi connectivity index (χ3n) is 3.39. The van der Waals surface area contributed by atoms with Crippen molar-refractivity contribution >= 4 is 40.4 Å². The fraction of sp³-hybridized carbons (Fsp3) is 0. The van der Waals surface area contributed by atoms with Crippen molar-refractivity contribution in [3.05, 3.63) is 64.9 Å². The van der Waals surface area contributed by atoms with Gasteiger partial charge in [0.1, 0.15) is 0 Å². The molecule has 0 amide bonds. The molecule has 4 rings (SSSR count). The van der Waals surface area contributed by atoms with E-state index in [9.17, 15) is 0 Å². The Kier molecular flexibility index (Phi) is 3.76. The minimum Gasteiger partial charge on any atom is -0.339 e. The lowest BCUT2D eigenvalue weighted by Gasteiger charge is -2.07. The van der Waals surface area contributed by atoms with Crippen LogP contribution in [0.5, 0.6) is 0 Å². The first kappa shape index (κ1) is 14.9. The summed E-state index contributed by atoms with van der Waals surface area (Å²) in [5.74, 6) is 1.28. The molecule has 0 spiro atoms. The molecule has 8 heteroatoms. The summed E-state index contributed by atoms with van der Waals surface area (Å²) in [5.41, 5.74) is 2.33. The van der Waals surface area contributed by atoms with Crippen LogP contribution >= 0.6 is 23.2 Å². The zero-order valence-corrected chi connectivity index (χ0v) is 13.7. The van der Waals surface area contributed by atoms with Crippen LogP contribution < -0.4 is 5.32 Å². The average Bonchev–Trinajstić information content (AvgIpc) is 3.02. The van der Waals surface area contributed by atoms with Gasteiger partial charge in [-0.2, -0.15) is 4.52 Å². The van der Waals surface area contributed by atoms with Crippen LogP contribution in [0.3, 0.4) is 0 Å². The van der Waals surface area contributed by atoms with E-state index >= 15 is 0 Å². The number of benzene rings is 1. The van der Waals surface area contributed by atoms with Crippen LogP contribution in [0.15, 0.2) is 54.9 Å². The normalized spacial score (nSPS) is 10.9. The van der Waals surface area contributed by atoms with Crippen LogP contribution in [0.25, 0.3) is 17.0 Å². The van der Waals surface area contributed by atoms with Crippen molar-refractivity contribution in [1.82, 2.24) is 24.8 Å². The molecule has 0 radical (unpaired) electrons. The number of hydrogen-bond donors (Lipinski definition) is 1. The van der Waals surface area contributed by atoms with Gasteiger partial charge >= 0.3 is 0 Å². The van der Waals surface area contributed by atoms with Gasteiger partial charge in [0.15, 0.2) is 17.3 Å². The molecule has 0 saturated heterocycles. The lowest BCUT2D eigenvalue weighted by molar-refractivity contribution is 0.941. The SMILES string of the molecule is Clc1ccc(Nc2ccc3nnc(-c4ccncc4)n3n2)cc1Cl. The van der Waals surface area contributed by atoms with Crippen LogP contribution in [0.1, 0.15) is 0 Å². The van der Waals surface area contributed by atoms with E-state index in [-0.39, 0.29) is 0 Å². The first-order valence-corrected chi connectivity index (χ1v) is 7.81. The van der Waals surface area contributed by atoms with Crippen molar-refractivity contribution in [2.24, 2.45) is 0 Å². The summed E-state index contributed by atoms with van der Waals surface area (Å²) in [6, 6.07) is 12.7. The molecule has 0 fully saturated rings. The van der Waals surface area contributed by atoms with Gasteiger partial charge in [-0.3, -0.25) is 4.98 Å². The van der Waals surface area contributed by atoms with E-state index in [1.807, 2.05) is 30.3 Å². The molecule has 0 bridgehead atoms. The van der Waals surface area contributed by atoms with Crippen molar-refractivity contribution in [3.63, 3.8) is 0 Å². The number of nitrogens with zero attached hydrogens (tertiary/aromatic N) is 5. The molecule has 3 aromatic heterocycles. The Morgan fingerprint density at radius 3 is 2.50 bits per heavy atom. The summed E-state index contributed by atoms with van der Waals surface area (Å²) >= 11 is 12.0. The molecule has 0 aliphatic heterocycles. The lowest BCUT2D eigenvalue weighted by Crippen LogP contribution is -2.00. The van der Waals surface area contributed by atoms with Gasteiger partial charge in [0.25, 0.3) is 0 Å². The van der Waals surface area contributed by atoms with Crippen LogP contribution in [-0.4, -0.2) is 24.8 Å². The third-order valence-corrected chi connectivity index (χ3v) is 4.13. The van der Waals surface area contributed by atoms with Crippen LogP contribution in [0.4, 0.5) is 11.5 Å². The van der Waals surface area contributed by atoms with Gasteiger partial charge < -0.3 is 5.32 Å². The summed E-state index contributed by atoms with van der Waals surface area (Å²) in [6.07, 6.45) is 3.41. The minimum absolute atomic E-state index is 0.476. The van der Waals surface area contributed by atoms with Crippen molar-refractivity contribution < 1.29 is 0 Å². The molecule has 1 aromatic carbocycles. The van der Waals surface area contributed by atoms with Gasteiger partial charge in [0, 0.05) is 23.6 Å². The van der Waals surface area contributed by atoms with Gasteiger partial charge in [-0.15, -0.1) is 15.3 Å². The molecule has 0 atom stereocenters. The molecule has 118 valence electrons. The highest BCUT2D eigenvalue weighted by molar-refractivity contribution is 6.42. The lowest BCUT2D eigenvalue weighted by atomic mass is 10.2. The standard InChI is InChI=1S/C16H10Cl2N6/c17-12-2-1-11(9-13(12)18)20-14-3-4-15-21-22-16(24(15)23-14)10-5-7-19-8-6-10/h1-9H,(H,20,23). The van der Waals surface area contributed by atoms with Crippen molar-refractivity contribution in [3.8, 4) is 11.4 Å². The average molecular weight is 357 g/mol. The number of halogens is 2. The molecule has 0 unspecified atom stereocenters. The molecular weight excluding hydrogens is 347 g/mol. The van der Waals surface area contributed by atoms with Crippen LogP contribution in [0, 0.1) is 0 Å². The predicted molar refractivity (Wildman–Crippen MR) is 93.8 cm³/mol. The van der Waals surface area contributed by atoms with Gasteiger partial charge in [0.2, 0.25) is 0 Å². The maximum Gasteiger partial charge on any atom is 0.185 e. The summed E-state index contributed by atoms with van der Waals surface area (Å²) in [5, 5.41) is 17.0. The Morgan fingerprint density at radius 2 is 1.71 bits per heavy atom. The molecular formula is C16H10Cl2N6. The second-order valence-electron chi connectivity index (χ2n) is 5.00. The molecule has 4 aromatic rings. The van der Waals surface area contributed by atoms with E-state index in [0.29, 0.717) is 27.3 Å². The molecule has 0 aliphatic carbocycles. The second-order valence-corrected chi connectivity index (χ2v) is 5.82. The van der Waals surface area contributed by atoms with E-state index in [2.05, 4.69) is 25.6 Å². The number of aromatic nitrogens is 5. The van der Waals surface area contributed by atoms with E-state index < -0.39 is 0 Å². The molecule has 24 heavy (non-hydrogen) atoms. The third kappa shape index (κ3) is 2.77. The topological polar surface area (TPSA) is 68.0 Å². The molecule has 1 N–H and O–H groups in total. The molecule has 0 aliphatic rings. The summed E-state index contributed by atoms with van der Waals surface area (Å²) in [6.45, 7) is 0. The van der Waals surface area contributed by atoms with E-state index in [0.717, 1.165) is 11.3 Å². The highest BCUT2D eigenvalue weighted by atomic mass is 35.5. The predicted octanol–water partition coefficient (Wildman–Crippen LogP) is 4.24. The molecule has 3 heterocycles. The summed E-state index contributed by atoms with van der Waals surface area (Å²) in [4.78, 5) is 4.01. The summed E-state index contributed by atoms with van der Waals surface area (Å²) in [7, 11) is 0. The zero-order valence-electron chi connectivity index (χ0n) is 12.2. The van der Waals surface area contributed by atoms with Crippen molar-refractivity contribution in [1.29, 1.82) is 0 Å². The Labute approximate surface area is 147 Å². The highest BCUT2D eigenvalue weighted by Gasteiger charge is 2.10. The Hall–Kier alpha value is -2.70. The van der Waals surface area contributed by atoms with Gasteiger partial charge in [0.05, 0.1) is 10.0 Å². The fourth-order valence-corrected chi connectivity index (χ4v) is 2.56. The smallest absolute Gasteiger partial charge is 0.185 e. The van der Waals surface area contributed by atoms with E-state index in [1.165, 1.54) is 0 Å². The number of fused-ring (bicyclic) bond motifs is 1. The van der Waals surface area contributed by atoms with Gasteiger partial charge in [-0.05, 0) is 42.5 Å². The Balaban J connectivity index is 1.73. The number of anilines is 2. The molecule has 6 nitrogen and oxygen atoms in total. The fourth-order valence-electron chi connectivity index (χ4n) is 2.26. The van der Waals surface area contributed by atoms with Crippen molar-refractivity contribution in [2.75, 3.05) is 5.32 Å². The maximum atomic E-state index is 6.04. The van der Waals surface area contributed by atoms with Gasteiger partial charge in [-0.1, -0.05) is 23.2 Å². The maximum absolute atomic E-state index is 6.04. The minimum atomic E-state index is 0.476. The number of pyridine rings is 1. The number of nitrogens with one attached hydrogen (secondary N) is 1. The quantitative estimate of drug-likeness (QED) is 0.594. The first-order chi connectivity index (χ1) is 11.7. The number of rotatable bonds is 3. The summed E-state index contributed by atoms with van der Waals surface area (Å²) < 4.78 is 1.68. The second kappa shape index (κ2) is 6.07. The van der Waals surface area contributed by atoms with E-state index in [4.69, 9.17) is 23.2 Å². The Bertz CT molecular complexity index is 1020. The van der Waals surface area contributed by atoms with Crippen LogP contribution in [0.2, 0.25) is 10.0 Å². The van der Waals surface area contributed by atoms with Crippen LogP contribution in [-0.2, 0) is 0 Å². The highest BCUT2D eigenvalue weighted by Crippen LogP contribution is 2.26. The largest absolute Gasteiger partial charge is 0.339 e. The van der Waals surface area contributed by atoms with E-state index in [1.54, 1.807) is 29.0 Å². The monoisotopic (exact) mass is 356 g/mol. The Morgan fingerprint density at radius 1 is 0.875 bits per heavy atom. The van der Waals surface area contributed by atoms with Crippen molar-refractivity contribution in [2.45, 2.75) is 0 Å². The van der Waals surface area contributed by atoms with Gasteiger partial charge in [-0.25, -0.2) is 0 Å². The zero-order chi connectivity index (χ0) is 16.5. The molecule has 0 saturated carbocycles. The first-order valence-electron chi connectivity index (χ1n) is 7.06.